The summed E-state index contributed by atoms with van der Waals surface area (Å²) in [7, 11) is 0. The number of aromatic nitrogens is 1. The van der Waals surface area contributed by atoms with Crippen LogP contribution in [0.25, 0.3) is 0 Å². The minimum absolute atomic E-state index is 0.0374. The zero-order chi connectivity index (χ0) is 15.5. The van der Waals surface area contributed by atoms with Crippen LogP contribution in [0, 0.1) is 11.8 Å². The number of hydrogen-bond acceptors (Lipinski definition) is 3. The van der Waals surface area contributed by atoms with Crippen molar-refractivity contribution in [3.05, 3.63) is 54.2 Å². The number of nitrogens with one attached hydrogen (secondary N) is 2. The Labute approximate surface area is 128 Å². The topological polar surface area (TPSA) is 71.1 Å². The summed E-state index contributed by atoms with van der Waals surface area (Å²) in [5, 5.41) is 5.55. The molecule has 0 unspecified atom stereocenters. The molecule has 0 spiro atoms. The zero-order valence-corrected chi connectivity index (χ0v) is 12.2. The lowest BCUT2D eigenvalue weighted by Crippen LogP contribution is -2.15. The number of hydrogen-bond donors (Lipinski definition) is 2. The summed E-state index contributed by atoms with van der Waals surface area (Å²) in [6.07, 6.45) is 2.50. The van der Waals surface area contributed by atoms with Crippen LogP contribution in [0.4, 0.5) is 11.5 Å². The second-order valence-electron chi connectivity index (χ2n) is 5.56. The summed E-state index contributed by atoms with van der Waals surface area (Å²) in [4.78, 5) is 28.0. The Morgan fingerprint density at radius 2 is 1.82 bits per heavy atom. The van der Waals surface area contributed by atoms with E-state index in [2.05, 4.69) is 22.5 Å². The quantitative estimate of drug-likeness (QED) is 0.911. The van der Waals surface area contributed by atoms with Gasteiger partial charge in [-0.1, -0.05) is 25.1 Å². The molecule has 1 aromatic carbocycles. The number of pyridine rings is 1. The highest BCUT2D eigenvalue weighted by Gasteiger charge is 2.39. The molecule has 1 heterocycles. The number of anilines is 2. The summed E-state index contributed by atoms with van der Waals surface area (Å²) < 4.78 is 0. The molecule has 1 aliphatic carbocycles. The van der Waals surface area contributed by atoms with E-state index >= 15 is 0 Å². The van der Waals surface area contributed by atoms with Crippen LogP contribution < -0.4 is 10.6 Å². The van der Waals surface area contributed by atoms with Gasteiger partial charge in [0.2, 0.25) is 5.91 Å². The number of carbonyl (C=O) groups excluding carboxylic acids is 2. The molecule has 1 aromatic heterocycles. The number of benzene rings is 1. The van der Waals surface area contributed by atoms with Crippen molar-refractivity contribution < 1.29 is 9.59 Å². The number of amides is 2. The highest BCUT2D eigenvalue weighted by atomic mass is 16.2. The van der Waals surface area contributed by atoms with Gasteiger partial charge in [0.05, 0.1) is 11.9 Å². The van der Waals surface area contributed by atoms with E-state index in [1.54, 1.807) is 42.6 Å². The van der Waals surface area contributed by atoms with Crippen LogP contribution in [-0.4, -0.2) is 16.8 Å². The van der Waals surface area contributed by atoms with Gasteiger partial charge >= 0.3 is 0 Å². The van der Waals surface area contributed by atoms with Crippen molar-refractivity contribution in [1.82, 2.24) is 4.98 Å². The van der Waals surface area contributed by atoms with Crippen LogP contribution in [0.15, 0.2) is 48.7 Å². The highest BCUT2D eigenvalue weighted by Crippen LogP contribution is 2.38. The van der Waals surface area contributed by atoms with E-state index in [1.807, 2.05) is 6.07 Å². The Balaban J connectivity index is 1.59. The molecule has 1 saturated carbocycles. The van der Waals surface area contributed by atoms with Crippen molar-refractivity contribution in [2.45, 2.75) is 13.3 Å². The van der Waals surface area contributed by atoms with Gasteiger partial charge in [0, 0.05) is 11.5 Å². The predicted octanol–water partition coefficient (Wildman–Crippen LogP) is 2.93. The average molecular weight is 295 g/mol. The lowest BCUT2D eigenvalue weighted by molar-refractivity contribution is -0.117. The minimum atomic E-state index is -0.211. The van der Waals surface area contributed by atoms with Gasteiger partial charge in [0.25, 0.3) is 5.91 Å². The first-order chi connectivity index (χ1) is 10.6. The molecule has 0 bridgehead atoms. The van der Waals surface area contributed by atoms with Crippen LogP contribution in [-0.2, 0) is 4.79 Å². The first kappa shape index (κ1) is 14.3. The molecule has 0 radical (unpaired) electrons. The van der Waals surface area contributed by atoms with E-state index in [-0.39, 0.29) is 17.7 Å². The Morgan fingerprint density at radius 3 is 2.41 bits per heavy atom. The second-order valence-corrected chi connectivity index (χ2v) is 5.56. The van der Waals surface area contributed by atoms with Gasteiger partial charge in [-0.2, -0.15) is 0 Å². The molecule has 0 saturated heterocycles. The number of rotatable bonds is 4. The van der Waals surface area contributed by atoms with E-state index < -0.39 is 0 Å². The lowest BCUT2D eigenvalue weighted by Gasteiger charge is -2.07. The van der Waals surface area contributed by atoms with Crippen LogP contribution in [0.5, 0.6) is 0 Å². The molecule has 5 nitrogen and oxygen atoms in total. The summed E-state index contributed by atoms with van der Waals surface area (Å²) in [5.74, 6) is 0.869. The predicted molar refractivity (Wildman–Crippen MR) is 84.5 cm³/mol. The average Bonchev–Trinajstić information content (AvgIpc) is 3.27. The van der Waals surface area contributed by atoms with Gasteiger partial charge < -0.3 is 10.6 Å². The Morgan fingerprint density at radius 1 is 1.09 bits per heavy atom. The molecule has 2 amide bonds. The fourth-order valence-corrected chi connectivity index (χ4v) is 2.24. The number of carbonyl (C=O) groups is 2. The first-order valence-corrected chi connectivity index (χ1v) is 7.27. The highest BCUT2D eigenvalue weighted by molar-refractivity contribution is 6.03. The lowest BCUT2D eigenvalue weighted by atomic mass is 10.2. The van der Waals surface area contributed by atoms with Gasteiger partial charge in [0.1, 0.15) is 5.82 Å². The first-order valence-electron chi connectivity index (χ1n) is 7.27. The molecular weight excluding hydrogens is 278 g/mol. The minimum Gasteiger partial charge on any atom is -0.324 e. The van der Waals surface area contributed by atoms with E-state index in [0.717, 1.165) is 6.42 Å². The molecule has 2 aromatic rings. The third kappa shape index (κ3) is 3.31. The molecule has 22 heavy (non-hydrogen) atoms. The molecule has 3 rings (SSSR count). The van der Waals surface area contributed by atoms with Crippen LogP contribution in [0.2, 0.25) is 0 Å². The molecule has 1 fully saturated rings. The van der Waals surface area contributed by atoms with Gasteiger partial charge in [-0.15, -0.1) is 0 Å². The van der Waals surface area contributed by atoms with Crippen LogP contribution >= 0.6 is 0 Å². The fourth-order valence-electron chi connectivity index (χ4n) is 2.24. The van der Waals surface area contributed by atoms with Crippen molar-refractivity contribution in [3.63, 3.8) is 0 Å². The van der Waals surface area contributed by atoms with E-state index in [1.165, 1.54) is 0 Å². The maximum Gasteiger partial charge on any atom is 0.256 e. The fraction of sp³-hybridized carbons (Fsp3) is 0.235. The van der Waals surface area contributed by atoms with E-state index in [0.29, 0.717) is 23.0 Å². The molecule has 2 atom stereocenters. The van der Waals surface area contributed by atoms with Gasteiger partial charge in [-0.25, -0.2) is 4.98 Å². The monoisotopic (exact) mass is 295 g/mol. The summed E-state index contributed by atoms with van der Waals surface area (Å²) in [6, 6.07) is 12.3. The summed E-state index contributed by atoms with van der Waals surface area (Å²) >= 11 is 0. The molecule has 0 aliphatic heterocycles. The second kappa shape index (κ2) is 5.97. The molecule has 5 heteroatoms. The number of nitrogens with zero attached hydrogens (tertiary/aromatic N) is 1. The standard InChI is InChI=1S/C17H17N3O2/c1-11-9-14(11)17(22)19-13-7-8-15(18-10-13)20-16(21)12-5-3-2-4-6-12/h2-8,10-11,14H,9H2,1H3,(H,19,22)(H,18,20,21)/t11-,14-/m1/s1. The van der Waals surface area contributed by atoms with E-state index in [9.17, 15) is 9.59 Å². The van der Waals surface area contributed by atoms with Crippen LogP contribution in [0.3, 0.4) is 0 Å². The maximum absolute atomic E-state index is 12.0. The molecule has 1 aliphatic rings. The van der Waals surface area contributed by atoms with Crippen LogP contribution in [0.1, 0.15) is 23.7 Å². The van der Waals surface area contributed by atoms with Crippen molar-refractivity contribution in [3.8, 4) is 0 Å². The molecular formula is C17H17N3O2. The summed E-state index contributed by atoms with van der Waals surface area (Å²) in [6.45, 7) is 2.06. The smallest absolute Gasteiger partial charge is 0.256 e. The summed E-state index contributed by atoms with van der Waals surface area (Å²) in [5.41, 5.74) is 1.21. The Bertz CT molecular complexity index is 683. The Hall–Kier alpha value is -2.69. The normalized spacial score (nSPS) is 19.3. The Kier molecular flexibility index (Phi) is 3.87. The third-order valence-corrected chi connectivity index (χ3v) is 3.75. The van der Waals surface area contributed by atoms with Crippen molar-refractivity contribution in [2.75, 3.05) is 10.6 Å². The van der Waals surface area contributed by atoms with E-state index in [4.69, 9.17) is 0 Å². The van der Waals surface area contributed by atoms with Gasteiger partial charge in [-0.05, 0) is 36.6 Å². The SMILES string of the molecule is C[C@@H]1C[C@H]1C(=O)Nc1ccc(NC(=O)c2ccccc2)nc1. The third-order valence-electron chi connectivity index (χ3n) is 3.75. The van der Waals surface area contributed by atoms with Gasteiger partial charge in [0.15, 0.2) is 0 Å². The van der Waals surface area contributed by atoms with Crippen molar-refractivity contribution in [1.29, 1.82) is 0 Å². The molecule has 112 valence electrons. The maximum atomic E-state index is 12.0. The largest absolute Gasteiger partial charge is 0.324 e. The van der Waals surface area contributed by atoms with Crippen molar-refractivity contribution in [2.24, 2.45) is 11.8 Å². The van der Waals surface area contributed by atoms with Crippen molar-refractivity contribution >= 4 is 23.3 Å². The zero-order valence-electron chi connectivity index (χ0n) is 12.2. The van der Waals surface area contributed by atoms with Gasteiger partial charge in [-0.3, -0.25) is 9.59 Å². The molecule has 2 N–H and O–H groups in total.